The van der Waals surface area contributed by atoms with E-state index in [-0.39, 0.29) is 55.2 Å². The lowest BCUT2D eigenvalue weighted by atomic mass is 10.0. The van der Waals surface area contributed by atoms with Gasteiger partial charge in [0.15, 0.2) is 25.7 Å². The van der Waals surface area contributed by atoms with Crippen molar-refractivity contribution in [2.75, 3.05) is 55.0 Å². The molecule has 13 aromatic heterocycles. The molecule has 0 saturated heterocycles. The predicted molar refractivity (Wildman–Crippen MR) is 548 cm³/mol. The fourth-order valence-corrected chi connectivity index (χ4v) is 18.4. The first-order chi connectivity index (χ1) is 67.7. The van der Waals surface area contributed by atoms with Crippen LogP contribution in [0.3, 0.4) is 0 Å². The normalized spacial score (nSPS) is 10.7. The zero-order valence-electron chi connectivity index (χ0n) is 76.1. The van der Waals surface area contributed by atoms with E-state index in [1.807, 2.05) is 258 Å². The van der Waals surface area contributed by atoms with Gasteiger partial charge in [0.05, 0.1) is 136 Å². The molecule has 30 nitrogen and oxygen atoms in total. The number of nitrogens with zero attached hydrogens (tertiary/aromatic N) is 16. The molecule has 139 heavy (non-hydrogen) atoms. The molecule has 7 aromatic carbocycles. The molecule has 35 heteroatoms. The number of fused-ring (bicyclic) bond motifs is 4. The largest absolute Gasteiger partial charge is 0.497 e. The molecule has 0 fully saturated rings. The summed E-state index contributed by atoms with van der Waals surface area (Å²) in [5.74, 6) is 4.68. The Balaban J connectivity index is 0.000000125. The Kier molecular flexibility index (Phi) is 31.6. The Morgan fingerprint density at radius 3 is 1.05 bits per heavy atom. The van der Waals surface area contributed by atoms with Crippen LogP contribution < -0.4 is 45.5 Å². The Labute approximate surface area is 817 Å². The summed E-state index contributed by atoms with van der Waals surface area (Å²) in [4.78, 5) is 131. The van der Waals surface area contributed by atoms with E-state index in [2.05, 4.69) is 106 Å². The predicted octanol–water partition coefficient (Wildman–Crippen LogP) is 20.8. The topological polar surface area (TPSA) is 389 Å². The summed E-state index contributed by atoms with van der Waals surface area (Å²) in [5.41, 5.74) is 19.8. The summed E-state index contributed by atoms with van der Waals surface area (Å²) >= 11 is 7.09. The fraction of sp³-hybridized carbons (Fsp3) is 0.125. The van der Waals surface area contributed by atoms with Crippen LogP contribution in [0, 0.1) is 27.7 Å². The lowest BCUT2D eigenvalue weighted by Crippen LogP contribution is -2.14. The molecule has 0 radical (unpaired) electrons. The number of anilines is 5. The highest BCUT2D eigenvalue weighted by molar-refractivity contribution is 7.23. The van der Waals surface area contributed by atoms with E-state index in [9.17, 15) is 24.0 Å². The van der Waals surface area contributed by atoms with Crippen molar-refractivity contribution >= 4 is 153 Å². The minimum Gasteiger partial charge on any atom is -0.497 e. The lowest BCUT2D eigenvalue weighted by Gasteiger charge is -2.08. The summed E-state index contributed by atoms with van der Waals surface area (Å²) in [6, 6.07) is 70.8. The SMILES string of the molecule is COc1ccc2nc(NC(=O)Cc3ccc(-c4ccnc(C)n4)c(C)c3)sc2c1.COc1ccc2nc(NC(=O)Cc3ccc(-c4ccnc(C)n4)cc3)sc2c1.COc1ccc2nc(NC(=O)Cc3ccc(-c4ccnc(C)n4)nc3)sc2c1.COc1ccc2nc(NC(=O)Cc3ccc(-c4ccncc4)nc3)sc2c1.O=C(Cc1ccc(-c2ccncc2)cc1)Nc1nc(-c2ccccn2)cs1. The van der Waals surface area contributed by atoms with Gasteiger partial charge in [-0.05, 0) is 212 Å². The third-order valence-electron chi connectivity index (χ3n) is 20.9. The van der Waals surface area contributed by atoms with Crippen molar-refractivity contribution in [2.45, 2.75) is 59.8 Å². The summed E-state index contributed by atoms with van der Waals surface area (Å²) in [6.45, 7) is 7.59. The minimum atomic E-state index is -0.140. The number of thiazole rings is 5. The minimum absolute atomic E-state index is 0.0893. The second-order valence-corrected chi connectivity index (χ2v) is 35.9. The van der Waals surface area contributed by atoms with Crippen molar-refractivity contribution in [3.8, 4) is 90.7 Å². The Morgan fingerprint density at radius 2 is 0.633 bits per heavy atom. The first kappa shape index (κ1) is 95.4. The van der Waals surface area contributed by atoms with Crippen molar-refractivity contribution < 1.29 is 42.9 Å². The third-order valence-corrected chi connectivity index (χ3v) is 25.4. The number of amides is 5. The maximum absolute atomic E-state index is 12.5. The van der Waals surface area contributed by atoms with Gasteiger partial charge in [-0.3, -0.25) is 48.9 Å². The molecule has 0 aliphatic rings. The van der Waals surface area contributed by atoms with Crippen molar-refractivity contribution in [3.63, 3.8) is 0 Å². The number of aryl methyl sites for hydroxylation is 4. The van der Waals surface area contributed by atoms with Gasteiger partial charge in [0.25, 0.3) is 0 Å². The van der Waals surface area contributed by atoms with Crippen LogP contribution >= 0.6 is 56.7 Å². The number of carbonyl (C=O) groups is 5. The van der Waals surface area contributed by atoms with Crippen LogP contribution in [0.5, 0.6) is 23.0 Å². The van der Waals surface area contributed by atoms with Gasteiger partial charge >= 0.3 is 0 Å². The van der Waals surface area contributed by atoms with Crippen LogP contribution in [0.2, 0.25) is 0 Å². The molecule has 20 aromatic rings. The van der Waals surface area contributed by atoms with Gasteiger partial charge < -0.3 is 45.5 Å². The Hall–Kier alpha value is -16.7. The lowest BCUT2D eigenvalue weighted by molar-refractivity contribution is -0.116. The molecule has 0 aliphatic heterocycles. The van der Waals surface area contributed by atoms with E-state index < -0.39 is 0 Å². The van der Waals surface area contributed by atoms with Crippen molar-refractivity contribution in [1.29, 1.82) is 0 Å². The average Bonchev–Trinajstić information content (AvgIpc) is 1.76. The van der Waals surface area contributed by atoms with Gasteiger partial charge in [-0.1, -0.05) is 130 Å². The maximum atomic E-state index is 12.5. The van der Waals surface area contributed by atoms with Crippen LogP contribution in [0.4, 0.5) is 25.7 Å². The summed E-state index contributed by atoms with van der Waals surface area (Å²) < 4.78 is 24.8. The quantitative estimate of drug-likeness (QED) is 0.0355. The van der Waals surface area contributed by atoms with Gasteiger partial charge in [-0.15, -0.1) is 11.3 Å². The number of hydrogen-bond donors (Lipinski definition) is 5. The molecule has 0 aliphatic carbocycles. The van der Waals surface area contributed by atoms with Crippen molar-refractivity contribution in [2.24, 2.45) is 0 Å². The second-order valence-electron chi connectivity index (χ2n) is 30.9. The summed E-state index contributed by atoms with van der Waals surface area (Å²) in [5, 5.41) is 19.1. The van der Waals surface area contributed by atoms with E-state index in [4.69, 9.17) is 18.9 Å². The highest BCUT2D eigenvalue weighted by Gasteiger charge is 2.19. The van der Waals surface area contributed by atoms with Gasteiger partial charge in [0, 0.05) is 84.0 Å². The number of hydrogen-bond acceptors (Lipinski definition) is 30. The standard InChI is InChI=1S/C22H20N4O2S.C21H18N4O2S.C21H16N4OS.C20H17N5O2S.C20H16N4O2S/c1-13-10-15(4-6-17(13)18-8-9-23-14(2)24-18)11-21(27)26-22-25-19-7-5-16(28-3)12-20(19)29-22;1-13-22-10-9-17(23-13)15-5-3-14(4-6-15)11-20(26)25-21-24-18-8-7-16(27-2)12-19(18)28-21;26-20(25-21-24-19(14-27-21)18-3-1-2-10-23-18)13-15-4-6-16(7-5-15)17-8-11-22-12-9-17;1-12-21-8-7-16(23-12)15-5-3-13(11-22-15)9-19(26)25-20-24-17-6-4-14(27-2)10-18(17)28-20;1-26-15-3-5-17-18(11-15)27-20(23-17)24-19(25)10-13-2-4-16(22-12-13)14-6-8-21-9-7-14/h4-10,12H,11H2,1-3H3,(H,25,26,27);3-10,12H,11H2,1-2H3,(H,24,25,26);1-12,14H,13H2,(H,24,25,26);3-8,10-11H,9H2,1-2H3,(H,24,25,26);2-9,11-12H,10H2,1H3,(H,23,24,25). The molecule has 692 valence electrons. The molecule has 20 rings (SSSR count). The number of methoxy groups -OCH3 is 4. The fourth-order valence-electron chi connectivity index (χ4n) is 14.0. The van der Waals surface area contributed by atoms with Crippen LogP contribution in [0.1, 0.15) is 50.9 Å². The molecule has 0 saturated carbocycles. The first-order valence-electron chi connectivity index (χ1n) is 43.2. The second kappa shape index (κ2) is 46.0. The van der Waals surface area contributed by atoms with Gasteiger partial charge in [-0.25, -0.2) is 54.8 Å². The molecular formula is C104H87N21O9S5. The number of aromatic nitrogens is 16. The molecule has 13 heterocycles. The van der Waals surface area contributed by atoms with Gasteiger partial charge in [-0.2, -0.15) is 0 Å². The number of benzene rings is 7. The van der Waals surface area contributed by atoms with E-state index in [1.54, 1.807) is 90.4 Å². The van der Waals surface area contributed by atoms with Crippen LogP contribution in [0.15, 0.2) is 292 Å². The molecule has 0 unspecified atom stereocenters. The van der Waals surface area contributed by atoms with E-state index in [0.29, 0.717) is 37.9 Å². The van der Waals surface area contributed by atoms with E-state index in [1.165, 1.54) is 56.7 Å². The van der Waals surface area contributed by atoms with Crippen molar-refractivity contribution in [1.82, 2.24) is 79.7 Å². The van der Waals surface area contributed by atoms with Gasteiger partial charge in [0.1, 0.15) is 46.2 Å². The molecule has 0 atom stereocenters. The maximum Gasteiger partial charge on any atom is 0.230 e. The number of rotatable bonds is 25. The molecule has 0 bridgehead atoms. The first-order valence-corrected chi connectivity index (χ1v) is 47.4. The molecule has 5 amide bonds. The number of nitrogens with one attached hydrogen (secondary N) is 5. The third kappa shape index (κ3) is 26.5. The summed E-state index contributed by atoms with van der Waals surface area (Å²) in [7, 11) is 6.50. The number of carbonyl (C=O) groups excluding carboxylic acids is 5. The zero-order valence-corrected chi connectivity index (χ0v) is 80.2. The summed E-state index contributed by atoms with van der Waals surface area (Å²) in [6.07, 6.45) is 18.6. The smallest absolute Gasteiger partial charge is 0.230 e. The number of pyridine rings is 5. The van der Waals surface area contributed by atoms with Crippen LogP contribution in [-0.2, 0) is 56.1 Å². The van der Waals surface area contributed by atoms with E-state index in [0.717, 1.165) is 177 Å². The van der Waals surface area contributed by atoms with E-state index >= 15 is 0 Å². The number of ether oxygens (including phenoxy) is 4. The monoisotopic (exact) mass is 1930 g/mol. The average molecular weight is 1940 g/mol. The Morgan fingerprint density at radius 1 is 0.273 bits per heavy atom. The highest BCUT2D eigenvalue weighted by Crippen LogP contribution is 2.36. The molecule has 5 N–H and O–H groups in total. The van der Waals surface area contributed by atoms with Crippen LogP contribution in [0.25, 0.3) is 109 Å². The van der Waals surface area contributed by atoms with Gasteiger partial charge in [0.2, 0.25) is 29.5 Å². The zero-order chi connectivity index (χ0) is 96.5. The van der Waals surface area contributed by atoms with Crippen LogP contribution in [-0.4, -0.2) is 138 Å². The van der Waals surface area contributed by atoms with Crippen molar-refractivity contribution in [3.05, 3.63) is 343 Å². The molecular weight excluding hydrogens is 1850 g/mol. The Bertz CT molecular complexity index is 7510. The molecule has 0 spiro atoms. The highest BCUT2D eigenvalue weighted by atomic mass is 32.1.